The zero-order chi connectivity index (χ0) is 24.2. The minimum atomic E-state index is -1.30. The summed E-state index contributed by atoms with van der Waals surface area (Å²) in [6.07, 6.45) is -1.84. The number of hydrogen-bond acceptors (Lipinski definition) is 9. The molecule has 0 unspecified atom stereocenters. The van der Waals surface area contributed by atoms with Gasteiger partial charge in [-0.05, 0) is 18.2 Å². The number of imidazole rings is 1. The van der Waals surface area contributed by atoms with Crippen LogP contribution in [0.25, 0.3) is 11.2 Å². The second kappa shape index (κ2) is 8.24. The molecule has 0 spiro atoms. The summed E-state index contributed by atoms with van der Waals surface area (Å²) >= 11 is 5.82. The molecule has 3 aromatic heterocycles. The number of ether oxygens (including phenoxy) is 1. The second-order valence-electron chi connectivity index (χ2n) is 9.03. The van der Waals surface area contributed by atoms with Gasteiger partial charge in [-0.2, -0.15) is 0 Å². The predicted molar refractivity (Wildman–Crippen MR) is 120 cm³/mol. The zero-order valence-corrected chi connectivity index (χ0v) is 19.2. The highest BCUT2D eigenvalue weighted by Gasteiger charge is 2.47. The van der Waals surface area contributed by atoms with Crippen molar-refractivity contribution in [3.8, 4) is 0 Å². The summed E-state index contributed by atoms with van der Waals surface area (Å²) in [4.78, 5) is 15.8. The molecule has 1 aliphatic heterocycles. The van der Waals surface area contributed by atoms with Crippen molar-refractivity contribution < 1.29 is 19.3 Å². The van der Waals surface area contributed by atoms with Gasteiger partial charge in [-0.15, -0.1) is 10.2 Å². The van der Waals surface area contributed by atoms with Crippen molar-refractivity contribution >= 4 is 34.3 Å². The molecule has 178 valence electrons. The summed E-state index contributed by atoms with van der Waals surface area (Å²) < 4.78 is 21.7. The maximum Gasteiger partial charge on any atom is 0.167 e. The molecule has 0 saturated carbocycles. The highest BCUT2D eigenvalue weighted by Crippen LogP contribution is 2.39. The monoisotopic (exact) mass is 488 g/mol. The van der Waals surface area contributed by atoms with E-state index in [1.165, 1.54) is 29.4 Å². The Morgan fingerprint density at radius 3 is 2.65 bits per heavy atom. The van der Waals surface area contributed by atoms with Crippen molar-refractivity contribution in [2.45, 2.75) is 50.7 Å². The zero-order valence-electron chi connectivity index (χ0n) is 18.4. The van der Waals surface area contributed by atoms with Crippen LogP contribution < -0.4 is 5.32 Å². The summed E-state index contributed by atoms with van der Waals surface area (Å²) in [5, 5.41) is 32.8. The lowest BCUT2D eigenvalue weighted by Crippen LogP contribution is -2.29. The van der Waals surface area contributed by atoms with Crippen LogP contribution >= 0.6 is 11.6 Å². The molecule has 5 rings (SSSR count). The normalized spacial score (nSPS) is 23.0. The van der Waals surface area contributed by atoms with E-state index in [9.17, 15) is 14.6 Å². The third-order valence-corrected chi connectivity index (χ3v) is 5.77. The van der Waals surface area contributed by atoms with Crippen LogP contribution in [-0.4, -0.2) is 57.1 Å². The van der Waals surface area contributed by atoms with E-state index in [1.54, 1.807) is 6.07 Å². The van der Waals surface area contributed by atoms with E-state index in [0.717, 1.165) is 0 Å². The Morgan fingerprint density at radius 1 is 1.15 bits per heavy atom. The summed E-state index contributed by atoms with van der Waals surface area (Å²) in [7, 11) is 0. The molecule has 0 radical (unpaired) electrons. The lowest BCUT2D eigenvalue weighted by molar-refractivity contribution is -0.0382. The number of nitrogens with one attached hydrogen (secondary N) is 2. The number of halogens is 2. The minimum absolute atomic E-state index is 0.159. The molecule has 0 amide bonds. The van der Waals surface area contributed by atoms with Gasteiger partial charge in [0.15, 0.2) is 29.0 Å². The molecule has 13 heteroatoms. The predicted octanol–water partition coefficient (Wildman–Crippen LogP) is 2.77. The molecular weight excluding hydrogens is 467 g/mol. The van der Waals surface area contributed by atoms with E-state index < -0.39 is 30.4 Å². The topological polar surface area (TPSA) is 147 Å². The van der Waals surface area contributed by atoms with Gasteiger partial charge >= 0.3 is 0 Å². The number of benzene rings is 1. The van der Waals surface area contributed by atoms with Gasteiger partial charge in [0.2, 0.25) is 0 Å². The van der Waals surface area contributed by atoms with Gasteiger partial charge < -0.3 is 25.3 Å². The average molecular weight is 489 g/mol. The first-order valence-electron chi connectivity index (χ1n) is 10.5. The number of aliphatic hydroxyl groups excluding tert-OH is 2. The van der Waals surface area contributed by atoms with E-state index in [2.05, 4.69) is 35.5 Å². The highest BCUT2D eigenvalue weighted by atomic mass is 35.5. The van der Waals surface area contributed by atoms with Gasteiger partial charge in [-0.3, -0.25) is 4.57 Å². The number of anilines is 2. The lowest BCUT2D eigenvalue weighted by atomic mass is 9.96. The molecule has 1 aliphatic rings. The van der Waals surface area contributed by atoms with E-state index in [-0.39, 0.29) is 21.9 Å². The number of H-pyrrole nitrogens is 1. The largest absolute Gasteiger partial charge is 0.387 e. The Labute approximate surface area is 198 Å². The molecular formula is C21H22ClFN8O3. The maximum atomic E-state index is 14.3. The Kier molecular flexibility index (Phi) is 5.47. The summed E-state index contributed by atoms with van der Waals surface area (Å²) in [6, 6.07) is 4.21. The fourth-order valence-corrected chi connectivity index (χ4v) is 3.86. The molecule has 0 bridgehead atoms. The Bertz CT molecular complexity index is 1350. The first kappa shape index (κ1) is 22.6. The standard InChI is InChI=1S/C21H22ClFN8O3/c1-21(2,3)20-28-17(29-30-20)15-13(32)14(33)19(34-15)31-8-26-12-16(24-7-25-18(12)31)27-11-5-4-9(22)6-10(11)23/h4-8,13-15,19,32-33H,1-3H3,(H,24,25,27)(H,28,29,30)/t13-,14+,15-,19+/m0/s1. The third-order valence-electron chi connectivity index (χ3n) is 5.54. The maximum absolute atomic E-state index is 14.3. The molecule has 1 fully saturated rings. The molecule has 4 atom stereocenters. The number of aromatic amines is 1. The van der Waals surface area contributed by atoms with E-state index in [0.29, 0.717) is 22.8 Å². The first-order chi connectivity index (χ1) is 16.1. The number of rotatable bonds is 4. The molecule has 0 aliphatic carbocycles. The van der Waals surface area contributed by atoms with Crippen molar-refractivity contribution in [1.29, 1.82) is 0 Å². The van der Waals surface area contributed by atoms with Crippen molar-refractivity contribution in [2.75, 3.05) is 5.32 Å². The van der Waals surface area contributed by atoms with Gasteiger partial charge in [0.25, 0.3) is 0 Å². The SMILES string of the molecule is CC(C)(C)c1nnc([C@H]2O[C@@H](n3cnc4c(Nc5ccc(Cl)cc5F)ncnc43)[C@H](O)[C@@H]2O)[nH]1. The van der Waals surface area contributed by atoms with Crippen molar-refractivity contribution in [3.63, 3.8) is 0 Å². The molecule has 4 heterocycles. The van der Waals surface area contributed by atoms with E-state index in [1.807, 2.05) is 20.8 Å². The van der Waals surface area contributed by atoms with Crippen LogP contribution in [0.4, 0.5) is 15.9 Å². The Morgan fingerprint density at radius 2 is 1.94 bits per heavy atom. The number of aliphatic hydroxyl groups is 2. The van der Waals surface area contributed by atoms with E-state index >= 15 is 0 Å². The third kappa shape index (κ3) is 3.88. The lowest BCUT2D eigenvalue weighted by Gasteiger charge is -2.16. The molecule has 4 aromatic rings. The van der Waals surface area contributed by atoms with Crippen LogP contribution in [0.3, 0.4) is 0 Å². The summed E-state index contributed by atoms with van der Waals surface area (Å²) in [6.45, 7) is 5.92. The molecule has 1 saturated heterocycles. The van der Waals surface area contributed by atoms with Gasteiger partial charge in [0.05, 0.1) is 12.0 Å². The van der Waals surface area contributed by atoms with Crippen LogP contribution in [0.15, 0.2) is 30.9 Å². The molecule has 1 aromatic carbocycles. The van der Waals surface area contributed by atoms with Crippen LogP contribution in [-0.2, 0) is 10.2 Å². The van der Waals surface area contributed by atoms with Gasteiger partial charge in [-0.1, -0.05) is 32.4 Å². The van der Waals surface area contributed by atoms with Gasteiger partial charge in [0, 0.05) is 10.4 Å². The van der Waals surface area contributed by atoms with Crippen LogP contribution in [0.5, 0.6) is 0 Å². The van der Waals surface area contributed by atoms with Gasteiger partial charge in [-0.25, -0.2) is 19.3 Å². The smallest absolute Gasteiger partial charge is 0.167 e. The molecule has 34 heavy (non-hydrogen) atoms. The fraction of sp³-hybridized carbons (Fsp3) is 0.381. The molecule has 11 nitrogen and oxygen atoms in total. The Balaban J connectivity index is 1.45. The first-order valence-corrected chi connectivity index (χ1v) is 10.9. The number of aromatic nitrogens is 7. The van der Waals surface area contributed by atoms with Crippen molar-refractivity contribution in [2.24, 2.45) is 0 Å². The Hall–Kier alpha value is -3.19. The number of fused-ring (bicyclic) bond motifs is 1. The number of nitrogens with zero attached hydrogens (tertiary/aromatic N) is 6. The van der Waals surface area contributed by atoms with Crippen LogP contribution in [0.2, 0.25) is 5.02 Å². The van der Waals surface area contributed by atoms with Crippen LogP contribution in [0, 0.1) is 5.82 Å². The number of hydrogen-bond donors (Lipinski definition) is 4. The fourth-order valence-electron chi connectivity index (χ4n) is 3.70. The quantitative estimate of drug-likeness (QED) is 0.340. The summed E-state index contributed by atoms with van der Waals surface area (Å²) in [5.41, 5.74) is 0.514. The second-order valence-corrected chi connectivity index (χ2v) is 9.47. The van der Waals surface area contributed by atoms with E-state index in [4.69, 9.17) is 16.3 Å². The van der Waals surface area contributed by atoms with Crippen LogP contribution in [0.1, 0.15) is 44.8 Å². The molecule has 4 N–H and O–H groups in total. The summed E-state index contributed by atoms with van der Waals surface area (Å²) in [5.74, 6) is 0.626. The average Bonchev–Trinajstić information content (AvgIpc) is 3.49. The highest BCUT2D eigenvalue weighted by molar-refractivity contribution is 6.30. The minimum Gasteiger partial charge on any atom is -0.387 e. The van der Waals surface area contributed by atoms with Crippen molar-refractivity contribution in [3.05, 3.63) is 53.3 Å². The van der Waals surface area contributed by atoms with Crippen molar-refractivity contribution in [1.82, 2.24) is 34.7 Å². The van der Waals surface area contributed by atoms with Gasteiger partial charge in [0.1, 0.15) is 36.3 Å².